The first kappa shape index (κ1) is 11.9. The summed E-state index contributed by atoms with van der Waals surface area (Å²) in [6, 6.07) is 7.47. The molecule has 0 aromatic heterocycles. The number of halogens is 1. The van der Waals surface area contributed by atoms with Gasteiger partial charge in [-0.2, -0.15) is 0 Å². The fourth-order valence-electron chi connectivity index (χ4n) is 2.12. The van der Waals surface area contributed by atoms with Gasteiger partial charge in [0.2, 0.25) is 0 Å². The highest BCUT2D eigenvalue weighted by molar-refractivity contribution is 6.32. The molecule has 3 rings (SSSR count). The van der Waals surface area contributed by atoms with E-state index in [1.807, 2.05) is 0 Å². The van der Waals surface area contributed by atoms with Crippen molar-refractivity contribution < 1.29 is 19.7 Å². The van der Waals surface area contributed by atoms with Crippen molar-refractivity contribution in [1.29, 1.82) is 0 Å². The zero-order chi connectivity index (χ0) is 13.6. The molecule has 0 bridgehead atoms. The minimum atomic E-state index is -0.306. The van der Waals surface area contributed by atoms with Crippen molar-refractivity contribution >= 4 is 17.4 Å². The van der Waals surface area contributed by atoms with Crippen molar-refractivity contribution in [2.24, 2.45) is 0 Å². The highest BCUT2D eigenvalue weighted by atomic mass is 35.5. The third kappa shape index (κ3) is 1.90. The van der Waals surface area contributed by atoms with Gasteiger partial charge in [0, 0.05) is 29.1 Å². The second-order valence-corrected chi connectivity index (χ2v) is 4.66. The molecule has 0 fully saturated rings. The van der Waals surface area contributed by atoms with Crippen molar-refractivity contribution in [3.63, 3.8) is 0 Å². The molecular formula is C14H9ClO4. The molecule has 0 saturated heterocycles. The van der Waals surface area contributed by atoms with Crippen molar-refractivity contribution in [3.05, 3.63) is 46.5 Å². The number of ketones is 1. The molecule has 0 unspecified atom stereocenters. The number of carbonyl (C=O) groups excluding carboxylic acids is 1. The van der Waals surface area contributed by atoms with Crippen molar-refractivity contribution in [2.75, 3.05) is 0 Å². The summed E-state index contributed by atoms with van der Waals surface area (Å²) in [6.07, 6.45) is 0.0420. The third-order valence-corrected chi connectivity index (χ3v) is 3.33. The smallest absolute Gasteiger partial charge is 0.174 e. The molecule has 0 spiro atoms. The number of carbonyl (C=O) groups is 1. The van der Waals surface area contributed by atoms with Crippen LogP contribution in [0.4, 0.5) is 0 Å². The molecule has 1 aliphatic rings. The lowest BCUT2D eigenvalue weighted by Crippen LogP contribution is -2.02. The quantitative estimate of drug-likeness (QED) is 0.775. The Morgan fingerprint density at radius 1 is 1.16 bits per heavy atom. The molecule has 96 valence electrons. The number of Topliss-reactive ketones (excluding diaryl/α,β-unsaturated/α-hetero) is 1. The molecule has 1 aliphatic heterocycles. The fraction of sp³-hybridized carbons (Fsp3) is 0.0714. The maximum absolute atomic E-state index is 12.2. The Bertz CT molecular complexity index is 694. The first-order valence-electron chi connectivity index (χ1n) is 5.60. The summed E-state index contributed by atoms with van der Waals surface area (Å²) < 4.78 is 5.59. The molecule has 4 nitrogen and oxygen atoms in total. The zero-order valence-electron chi connectivity index (χ0n) is 9.68. The van der Waals surface area contributed by atoms with Gasteiger partial charge in [0.25, 0.3) is 0 Å². The van der Waals surface area contributed by atoms with Crippen LogP contribution in [-0.4, -0.2) is 16.0 Å². The SMILES string of the molecule is O=C1Cc2c(Cl)cccc2Oc2cc(O)cc(O)c21. The first-order valence-corrected chi connectivity index (χ1v) is 5.98. The van der Waals surface area contributed by atoms with E-state index < -0.39 is 0 Å². The molecule has 0 amide bonds. The number of hydrogen-bond acceptors (Lipinski definition) is 4. The van der Waals surface area contributed by atoms with Crippen LogP contribution in [0.15, 0.2) is 30.3 Å². The van der Waals surface area contributed by atoms with E-state index in [1.165, 1.54) is 6.07 Å². The molecule has 0 aliphatic carbocycles. The van der Waals surface area contributed by atoms with Gasteiger partial charge in [0.1, 0.15) is 28.6 Å². The van der Waals surface area contributed by atoms with E-state index in [9.17, 15) is 15.0 Å². The number of hydrogen-bond donors (Lipinski definition) is 2. The minimum Gasteiger partial charge on any atom is -0.508 e. The number of ether oxygens (including phenoxy) is 1. The van der Waals surface area contributed by atoms with E-state index in [-0.39, 0.29) is 35.0 Å². The average Bonchev–Trinajstić information content (AvgIpc) is 2.46. The number of benzene rings is 2. The van der Waals surface area contributed by atoms with Gasteiger partial charge < -0.3 is 14.9 Å². The fourth-order valence-corrected chi connectivity index (χ4v) is 2.35. The van der Waals surface area contributed by atoms with Crippen LogP contribution in [0.25, 0.3) is 0 Å². The highest BCUT2D eigenvalue weighted by Gasteiger charge is 2.26. The summed E-state index contributed by atoms with van der Waals surface area (Å²) in [5, 5.41) is 19.7. The Labute approximate surface area is 113 Å². The van der Waals surface area contributed by atoms with Crippen LogP contribution < -0.4 is 4.74 Å². The summed E-state index contributed by atoms with van der Waals surface area (Å²) >= 11 is 6.05. The van der Waals surface area contributed by atoms with Crippen LogP contribution in [0.5, 0.6) is 23.0 Å². The molecule has 19 heavy (non-hydrogen) atoms. The van der Waals surface area contributed by atoms with Crippen molar-refractivity contribution in [3.8, 4) is 23.0 Å². The van der Waals surface area contributed by atoms with E-state index >= 15 is 0 Å². The zero-order valence-corrected chi connectivity index (χ0v) is 10.4. The lowest BCUT2D eigenvalue weighted by atomic mass is 10.0. The molecule has 1 heterocycles. The topological polar surface area (TPSA) is 66.8 Å². The van der Waals surface area contributed by atoms with E-state index in [2.05, 4.69) is 0 Å². The van der Waals surface area contributed by atoms with Crippen molar-refractivity contribution in [1.82, 2.24) is 0 Å². The van der Waals surface area contributed by atoms with Crippen LogP contribution in [0.1, 0.15) is 15.9 Å². The Morgan fingerprint density at radius 3 is 2.74 bits per heavy atom. The first-order chi connectivity index (χ1) is 9.06. The Kier molecular flexibility index (Phi) is 2.61. The molecule has 2 aromatic carbocycles. The van der Waals surface area contributed by atoms with Crippen molar-refractivity contribution in [2.45, 2.75) is 6.42 Å². The summed E-state index contributed by atoms with van der Waals surface area (Å²) in [7, 11) is 0. The summed E-state index contributed by atoms with van der Waals surface area (Å²) in [5.74, 6) is -0.203. The van der Waals surface area contributed by atoms with Crippen LogP contribution in [0.3, 0.4) is 0 Å². The van der Waals surface area contributed by atoms with Gasteiger partial charge in [-0.3, -0.25) is 4.79 Å². The van der Waals surface area contributed by atoms with Crippen LogP contribution in [0.2, 0.25) is 5.02 Å². The maximum Gasteiger partial charge on any atom is 0.174 e. The number of phenolic OH excluding ortho intramolecular Hbond substituents is 2. The summed E-state index contributed by atoms with van der Waals surface area (Å²) in [5.41, 5.74) is 0.634. The normalized spacial score (nSPS) is 13.2. The molecule has 0 atom stereocenters. The van der Waals surface area contributed by atoms with Gasteiger partial charge >= 0.3 is 0 Å². The Hall–Kier alpha value is -2.20. The molecule has 2 aromatic rings. The van der Waals surface area contributed by atoms with Gasteiger partial charge in [-0.1, -0.05) is 17.7 Å². The molecule has 0 saturated carbocycles. The van der Waals surface area contributed by atoms with Crippen LogP contribution in [0, 0.1) is 0 Å². The predicted molar refractivity (Wildman–Crippen MR) is 69.3 cm³/mol. The van der Waals surface area contributed by atoms with E-state index in [0.29, 0.717) is 16.3 Å². The van der Waals surface area contributed by atoms with E-state index in [1.54, 1.807) is 18.2 Å². The van der Waals surface area contributed by atoms with Gasteiger partial charge in [0.05, 0.1) is 0 Å². The number of rotatable bonds is 0. The highest BCUT2D eigenvalue weighted by Crippen LogP contribution is 2.41. The number of aromatic hydroxyl groups is 2. The number of fused-ring (bicyclic) bond motifs is 2. The average molecular weight is 277 g/mol. The maximum atomic E-state index is 12.2. The Morgan fingerprint density at radius 2 is 1.95 bits per heavy atom. The van der Waals surface area contributed by atoms with E-state index in [4.69, 9.17) is 16.3 Å². The molecule has 2 N–H and O–H groups in total. The van der Waals surface area contributed by atoms with Gasteiger partial charge in [0.15, 0.2) is 5.78 Å². The second kappa shape index (κ2) is 4.17. The molecular weight excluding hydrogens is 268 g/mol. The Balaban J connectivity index is 2.24. The van der Waals surface area contributed by atoms with Crippen LogP contribution in [-0.2, 0) is 6.42 Å². The monoisotopic (exact) mass is 276 g/mol. The second-order valence-electron chi connectivity index (χ2n) is 4.26. The lowest BCUT2D eigenvalue weighted by Gasteiger charge is -2.09. The summed E-state index contributed by atoms with van der Waals surface area (Å²) in [6.45, 7) is 0. The summed E-state index contributed by atoms with van der Waals surface area (Å²) in [4.78, 5) is 12.2. The van der Waals surface area contributed by atoms with Gasteiger partial charge in [-0.05, 0) is 12.1 Å². The molecule has 5 heteroatoms. The third-order valence-electron chi connectivity index (χ3n) is 2.98. The minimum absolute atomic E-state index is 0.0420. The van der Waals surface area contributed by atoms with E-state index in [0.717, 1.165) is 6.07 Å². The lowest BCUT2D eigenvalue weighted by molar-refractivity contribution is 0.0991. The predicted octanol–water partition coefficient (Wildman–Crippen LogP) is 3.28. The van der Waals surface area contributed by atoms with Gasteiger partial charge in [-0.25, -0.2) is 0 Å². The van der Waals surface area contributed by atoms with Crippen LogP contribution >= 0.6 is 11.6 Å². The largest absolute Gasteiger partial charge is 0.508 e. The van der Waals surface area contributed by atoms with Gasteiger partial charge in [-0.15, -0.1) is 0 Å². The number of phenols is 2. The standard InChI is InChI=1S/C14H9ClO4/c15-9-2-1-3-12-8(9)6-11(18)14-10(17)4-7(16)5-13(14)19-12/h1-5,16-17H,6H2. The molecule has 0 radical (unpaired) electrons.